The number of benzene rings is 3. The van der Waals surface area contributed by atoms with Crippen LogP contribution in [0.1, 0.15) is 16.1 Å². The number of hydrogen-bond acceptors (Lipinski definition) is 8. The second-order valence-corrected chi connectivity index (χ2v) is 11.3. The number of carbonyl (C=O) groups excluding carboxylic acids is 1. The van der Waals surface area contributed by atoms with E-state index in [0.29, 0.717) is 34.0 Å². The molecular formula is C27H27ClFN5O4S. The molecule has 0 aliphatic carbocycles. The quantitative estimate of drug-likeness (QED) is 0.269. The molecule has 9 nitrogen and oxygen atoms in total. The molecule has 0 saturated heterocycles. The molecule has 0 spiro atoms. The monoisotopic (exact) mass is 571 g/mol. The van der Waals surface area contributed by atoms with Crippen molar-refractivity contribution in [2.24, 2.45) is 0 Å². The normalized spacial score (nSPS) is 11.5. The van der Waals surface area contributed by atoms with Gasteiger partial charge in [0.15, 0.2) is 15.7 Å². The molecule has 0 bridgehead atoms. The largest absolute Gasteiger partial charge is 0.497 e. The number of ether oxygens (including phenoxy) is 1. The third-order valence-electron chi connectivity index (χ3n) is 5.78. The maximum absolute atomic E-state index is 14.5. The van der Waals surface area contributed by atoms with Gasteiger partial charge in [-0.15, -0.1) is 0 Å². The first-order valence-electron chi connectivity index (χ1n) is 11.9. The molecule has 1 amide bonds. The number of amides is 1. The molecule has 4 rings (SSSR count). The summed E-state index contributed by atoms with van der Waals surface area (Å²) in [4.78, 5) is 23.3. The number of hydrogen-bond donors (Lipinski definition) is 2. The number of nitrogens with one attached hydrogen (secondary N) is 2. The van der Waals surface area contributed by atoms with E-state index in [1.54, 1.807) is 42.5 Å². The van der Waals surface area contributed by atoms with Gasteiger partial charge in [0.05, 0.1) is 45.0 Å². The summed E-state index contributed by atoms with van der Waals surface area (Å²) in [6.45, 7) is 0.815. The molecule has 204 valence electrons. The Morgan fingerprint density at radius 1 is 1.05 bits per heavy atom. The smallest absolute Gasteiger partial charge is 0.254 e. The average molecular weight is 572 g/mol. The van der Waals surface area contributed by atoms with Crippen molar-refractivity contribution >= 4 is 49.9 Å². The number of methoxy groups -OCH3 is 1. The van der Waals surface area contributed by atoms with Gasteiger partial charge in [-0.2, -0.15) is 0 Å². The van der Waals surface area contributed by atoms with E-state index in [4.69, 9.17) is 16.3 Å². The molecule has 0 unspecified atom stereocenters. The van der Waals surface area contributed by atoms with Crippen LogP contribution >= 0.6 is 11.6 Å². The lowest BCUT2D eigenvalue weighted by molar-refractivity contribution is 0.0946. The lowest BCUT2D eigenvalue weighted by Crippen LogP contribution is -2.31. The summed E-state index contributed by atoms with van der Waals surface area (Å²) in [5.74, 6) is -1.38. The zero-order valence-electron chi connectivity index (χ0n) is 21.5. The summed E-state index contributed by atoms with van der Waals surface area (Å²) in [5, 5.41) is 6.04. The fourth-order valence-electron chi connectivity index (χ4n) is 3.72. The predicted octanol–water partition coefficient (Wildman–Crippen LogP) is 4.44. The minimum Gasteiger partial charge on any atom is -0.497 e. The maximum atomic E-state index is 14.5. The van der Waals surface area contributed by atoms with E-state index in [2.05, 4.69) is 20.6 Å². The molecule has 12 heteroatoms. The van der Waals surface area contributed by atoms with E-state index in [9.17, 15) is 17.6 Å². The molecule has 3 aromatic carbocycles. The first-order chi connectivity index (χ1) is 18.6. The Labute approximate surface area is 230 Å². The molecular weight excluding hydrogens is 545 g/mol. The lowest BCUT2D eigenvalue weighted by atomic mass is 10.2. The molecule has 1 aromatic heterocycles. The second-order valence-electron chi connectivity index (χ2n) is 8.94. The van der Waals surface area contributed by atoms with Crippen molar-refractivity contribution in [1.29, 1.82) is 0 Å². The van der Waals surface area contributed by atoms with E-state index >= 15 is 0 Å². The topological polar surface area (TPSA) is 114 Å². The summed E-state index contributed by atoms with van der Waals surface area (Å²) in [7, 11) is 1.10. The van der Waals surface area contributed by atoms with Gasteiger partial charge in [-0.3, -0.25) is 4.79 Å². The molecule has 0 aliphatic rings. The van der Waals surface area contributed by atoms with Crippen molar-refractivity contribution in [3.63, 3.8) is 0 Å². The summed E-state index contributed by atoms with van der Waals surface area (Å²) < 4.78 is 46.7. The third kappa shape index (κ3) is 6.80. The Morgan fingerprint density at radius 3 is 2.46 bits per heavy atom. The van der Waals surface area contributed by atoms with E-state index in [0.717, 1.165) is 18.2 Å². The fourth-order valence-corrected chi connectivity index (χ4v) is 5.18. The highest BCUT2D eigenvalue weighted by Gasteiger charge is 2.23. The number of para-hydroxylation sites is 2. The van der Waals surface area contributed by atoms with Gasteiger partial charge in [0.1, 0.15) is 17.3 Å². The summed E-state index contributed by atoms with van der Waals surface area (Å²) in [5.41, 5.74) is 1.23. The zero-order chi connectivity index (χ0) is 28.2. The molecule has 4 aromatic rings. The van der Waals surface area contributed by atoms with Crippen molar-refractivity contribution in [2.75, 3.05) is 39.6 Å². The number of fused-ring (bicyclic) bond motifs is 1. The first-order valence-corrected chi connectivity index (χ1v) is 13.9. The third-order valence-corrected chi connectivity index (χ3v) is 7.74. The van der Waals surface area contributed by atoms with Crippen LogP contribution in [0.3, 0.4) is 0 Å². The molecule has 0 saturated carbocycles. The molecule has 0 fully saturated rings. The van der Waals surface area contributed by atoms with Gasteiger partial charge in [0.25, 0.3) is 5.91 Å². The van der Waals surface area contributed by atoms with E-state index < -0.39 is 27.3 Å². The molecule has 1 heterocycles. The van der Waals surface area contributed by atoms with Crippen molar-refractivity contribution in [3.05, 3.63) is 82.8 Å². The molecule has 2 N–H and O–H groups in total. The lowest BCUT2D eigenvalue weighted by Gasteiger charge is -2.15. The number of halogens is 2. The zero-order valence-corrected chi connectivity index (χ0v) is 23.1. The number of nitrogens with zero attached hydrogens (tertiary/aromatic N) is 3. The predicted molar refractivity (Wildman–Crippen MR) is 149 cm³/mol. The Kier molecular flexibility index (Phi) is 8.63. The highest BCUT2D eigenvalue weighted by Crippen LogP contribution is 2.31. The molecule has 0 radical (unpaired) electrons. The van der Waals surface area contributed by atoms with Crippen LogP contribution in [0.25, 0.3) is 11.0 Å². The molecule has 39 heavy (non-hydrogen) atoms. The molecule has 0 aliphatic heterocycles. The average Bonchev–Trinajstić information content (AvgIpc) is 2.89. The highest BCUT2D eigenvalue weighted by atomic mass is 35.5. The Morgan fingerprint density at radius 2 is 1.77 bits per heavy atom. The van der Waals surface area contributed by atoms with Crippen molar-refractivity contribution < 1.29 is 22.3 Å². The van der Waals surface area contributed by atoms with Gasteiger partial charge in [-0.1, -0.05) is 23.7 Å². The van der Waals surface area contributed by atoms with Gasteiger partial charge in [-0.25, -0.2) is 22.8 Å². The van der Waals surface area contributed by atoms with Crippen LogP contribution < -0.4 is 15.4 Å². The minimum atomic E-state index is -4.08. The number of anilines is 2. The number of likely N-dealkylation sites (N-methyl/N-ethyl adjacent to an activating group) is 1. The Balaban J connectivity index is 1.70. The summed E-state index contributed by atoms with van der Waals surface area (Å²) in [6.07, 6.45) is 0. The van der Waals surface area contributed by atoms with Crippen LogP contribution in [0.15, 0.2) is 65.6 Å². The summed E-state index contributed by atoms with van der Waals surface area (Å²) in [6, 6.07) is 15.1. The molecule has 0 atom stereocenters. The fraction of sp³-hybridized carbons (Fsp3) is 0.222. The first kappa shape index (κ1) is 28.2. The van der Waals surface area contributed by atoms with Gasteiger partial charge in [-0.05, 0) is 56.6 Å². The van der Waals surface area contributed by atoms with Crippen LogP contribution in [-0.2, 0) is 15.6 Å². The standard InChI is InChI=1S/C27H27ClFN5O4S/c1-34(2)13-12-30-27(35)19-15-18(9-11-21(19)29)39(36,37)16-25-26(32-23-7-5-4-6-22(23)31-25)33-24-14-17(38-3)8-10-20(24)28/h4-11,14-15H,12-13,16H2,1-3H3,(H,30,35)(H,32,33). The van der Waals surface area contributed by atoms with Gasteiger partial charge in [0, 0.05) is 19.2 Å². The van der Waals surface area contributed by atoms with Crippen LogP contribution in [-0.4, -0.2) is 63.5 Å². The van der Waals surface area contributed by atoms with E-state index in [-0.39, 0.29) is 28.5 Å². The van der Waals surface area contributed by atoms with Gasteiger partial charge in [0.2, 0.25) is 0 Å². The number of aromatic nitrogens is 2. The Bertz CT molecular complexity index is 1630. The SMILES string of the molecule is COc1ccc(Cl)c(Nc2nc3ccccc3nc2CS(=O)(=O)c2ccc(F)c(C(=O)NCCN(C)C)c2)c1. The van der Waals surface area contributed by atoms with Crippen molar-refractivity contribution in [2.45, 2.75) is 10.6 Å². The van der Waals surface area contributed by atoms with Crippen molar-refractivity contribution in [3.8, 4) is 5.75 Å². The minimum absolute atomic E-state index is 0.119. The Hall–Kier alpha value is -3.80. The highest BCUT2D eigenvalue weighted by molar-refractivity contribution is 7.90. The maximum Gasteiger partial charge on any atom is 0.254 e. The van der Waals surface area contributed by atoms with Crippen LogP contribution in [0.5, 0.6) is 5.75 Å². The van der Waals surface area contributed by atoms with Crippen LogP contribution in [0.4, 0.5) is 15.9 Å². The number of sulfone groups is 1. The second kappa shape index (κ2) is 11.9. The van der Waals surface area contributed by atoms with Crippen LogP contribution in [0.2, 0.25) is 5.02 Å². The number of rotatable bonds is 10. The number of carbonyl (C=O) groups is 1. The van der Waals surface area contributed by atoms with E-state index in [1.807, 2.05) is 19.0 Å². The summed E-state index contributed by atoms with van der Waals surface area (Å²) >= 11 is 6.36. The van der Waals surface area contributed by atoms with Crippen molar-refractivity contribution in [1.82, 2.24) is 20.2 Å². The van der Waals surface area contributed by atoms with Gasteiger partial charge >= 0.3 is 0 Å². The van der Waals surface area contributed by atoms with Gasteiger partial charge < -0.3 is 20.3 Å². The van der Waals surface area contributed by atoms with Crippen LogP contribution in [0, 0.1) is 5.82 Å². The van der Waals surface area contributed by atoms with E-state index in [1.165, 1.54) is 7.11 Å².